The maximum Gasteiger partial charge on any atom is 0.134 e. The smallest absolute Gasteiger partial charge is 0.134 e. The molecule has 5 heteroatoms. The molecule has 0 aliphatic rings. The average molecular weight is 271 g/mol. The van der Waals surface area contributed by atoms with Gasteiger partial charge in [0.05, 0.1) is 0 Å². The highest BCUT2D eigenvalue weighted by molar-refractivity contribution is 6.29. The molecule has 1 unspecified atom stereocenters. The molecule has 0 spiro atoms. The molecule has 0 bridgehead atoms. The predicted octanol–water partition coefficient (Wildman–Crippen LogP) is 2.69. The molecule has 18 heavy (non-hydrogen) atoms. The van der Waals surface area contributed by atoms with E-state index in [4.69, 9.17) is 11.6 Å². The number of halogens is 1. The summed E-state index contributed by atoms with van der Waals surface area (Å²) in [6.07, 6.45) is 0.787. The molecule has 0 saturated heterocycles. The maximum atomic E-state index is 6.00. The number of hydrogen-bond acceptors (Lipinski definition) is 4. The molecule has 1 rings (SSSR count). The monoisotopic (exact) mass is 270 g/mol. The lowest BCUT2D eigenvalue weighted by atomic mass is 10.0. The molecule has 1 aromatic rings. The quantitative estimate of drug-likeness (QED) is 0.807. The number of likely N-dealkylation sites (N-methyl/N-ethyl adjacent to an activating group) is 1. The van der Waals surface area contributed by atoms with Crippen molar-refractivity contribution in [1.29, 1.82) is 0 Å². The molecule has 102 valence electrons. The van der Waals surface area contributed by atoms with Gasteiger partial charge in [-0.1, -0.05) is 32.4 Å². The van der Waals surface area contributed by atoms with Gasteiger partial charge in [-0.3, -0.25) is 0 Å². The van der Waals surface area contributed by atoms with Crippen LogP contribution in [0.15, 0.2) is 6.07 Å². The minimum Gasteiger partial charge on any atom is -0.366 e. The Morgan fingerprint density at radius 2 is 2.00 bits per heavy atom. The van der Waals surface area contributed by atoms with Crippen LogP contribution in [0.1, 0.15) is 26.6 Å². The number of rotatable bonds is 6. The van der Waals surface area contributed by atoms with E-state index in [9.17, 15) is 0 Å². The van der Waals surface area contributed by atoms with E-state index in [1.54, 1.807) is 6.07 Å². The lowest BCUT2D eigenvalue weighted by molar-refractivity contribution is 0.344. The zero-order valence-corrected chi connectivity index (χ0v) is 12.6. The van der Waals surface area contributed by atoms with Crippen LogP contribution >= 0.6 is 11.6 Å². The molecule has 0 aromatic carbocycles. The second-order valence-electron chi connectivity index (χ2n) is 5.10. The van der Waals surface area contributed by atoms with Crippen LogP contribution in [0.2, 0.25) is 5.15 Å². The molecule has 0 fully saturated rings. The van der Waals surface area contributed by atoms with Crippen molar-refractivity contribution in [2.45, 2.75) is 33.2 Å². The van der Waals surface area contributed by atoms with Crippen molar-refractivity contribution in [1.82, 2.24) is 14.9 Å². The number of anilines is 1. The minimum atomic E-state index is 0.343. The number of aryl methyl sites for hydroxylation is 1. The minimum absolute atomic E-state index is 0.343. The van der Waals surface area contributed by atoms with Crippen molar-refractivity contribution in [3.05, 3.63) is 17.0 Å². The van der Waals surface area contributed by atoms with Gasteiger partial charge in [0, 0.05) is 25.1 Å². The third-order valence-electron chi connectivity index (χ3n) is 2.76. The van der Waals surface area contributed by atoms with E-state index in [1.165, 1.54) is 0 Å². The molecule has 1 heterocycles. The van der Waals surface area contributed by atoms with Crippen LogP contribution in [0.25, 0.3) is 0 Å². The van der Waals surface area contributed by atoms with Gasteiger partial charge in [-0.05, 0) is 20.0 Å². The third-order valence-corrected chi connectivity index (χ3v) is 2.95. The molecule has 4 nitrogen and oxygen atoms in total. The van der Waals surface area contributed by atoms with E-state index in [0.717, 1.165) is 24.6 Å². The van der Waals surface area contributed by atoms with Crippen LogP contribution in [0.5, 0.6) is 0 Å². The zero-order chi connectivity index (χ0) is 13.7. The van der Waals surface area contributed by atoms with Gasteiger partial charge >= 0.3 is 0 Å². The van der Waals surface area contributed by atoms with Crippen molar-refractivity contribution in [3.8, 4) is 0 Å². The predicted molar refractivity (Wildman–Crippen MR) is 77.2 cm³/mol. The summed E-state index contributed by atoms with van der Waals surface area (Å²) < 4.78 is 0. The first-order chi connectivity index (χ1) is 8.42. The number of hydrogen-bond donors (Lipinski definition) is 1. The van der Waals surface area contributed by atoms with E-state index in [0.29, 0.717) is 17.1 Å². The summed E-state index contributed by atoms with van der Waals surface area (Å²) in [5.41, 5.74) is 0. The average Bonchev–Trinajstić information content (AvgIpc) is 2.26. The highest BCUT2D eigenvalue weighted by Gasteiger charge is 2.15. The molecule has 0 amide bonds. The Labute approximate surface area is 115 Å². The lowest BCUT2D eigenvalue weighted by Gasteiger charge is -2.26. The summed E-state index contributed by atoms with van der Waals surface area (Å²) >= 11 is 6.00. The van der Waals surface area contributed by atoms with Crippen molar-refractivity contribution in [2.24, 2.45) is 5.92 Å². The SMILES string of the molecule is CCc1nc(Cl)cc(NC(CN(C)C)C(C)C)n1. The fraction of sp³-hybridized carbons (Fsp3) is 0.692. The normalized spacial score (nSPS) is 13.1. The molecular weight excluding hydrogens is 248 g/mol. The Bertz CT molecular complexity index is 379. The van der Waals surface area contributed by atoms with E-state index < -0.39 is 0 Å². The van der Waals surface area contributed by atoms with Gasteiger partial charge in [0.25, 0.3) is 0 Å². The molecule has 0 aliphatic heterocycles. The number of nitrogens with one attached hydrogen (secondary N) is 1. The summed E-state index contributed by atoms with van der Waals surface area (Å²) in [6.45, 7) is 7.38. The van der Waals surface area contributed by atoms with Crippen LogP contribution in [0, 0.1) is 5.92 Å². The van der Waals surface area contributed by atoms with E-state index in [2.05, 4.69) is 48.1 Å². The molecule has 1 aromatic heterocycles. The highest BCUT2D eigenvalue weighted by atomic mass is 35.5. The van der Waals surface area contributed by atoms with Gasteiger partial charge < -0.3 is 10.2 Å². The number of nitrogens with zero attached hydrogens (tertiary/aromatic N) is 3. The topological polar surface area (TPSA) is 41.1 Å². The third kappa shape index (κ3) is 4.78. The van der Waals surface area contributed by atoms with Crippen molar-refractivity contribution in [3.63, 3.8) is 0 Å². The standard InChI is InChI=1S/C13H23ClN4/c1-6-12-16-11(14)7-13(17-12)15-10(9(2)3)8-18(4)5/h7,9-10H,6,8H2,1-5H3,(H,15,16,17). The molecule has 0 radical (unpaired) electrons. The maximum absolute atomic E-state index is 6.00. The highest BCUT2D eigenvalue weighted by Crippen LogP contribution is 2.15. The van der Waals surface area contributed by atoms with Gasteiger partial charge in [0.15, 0.2) is 0 Å². The summed E-state index contributed by atoms with van der Waals surface area (Å²) in [5, 5.41) is 3.95. The zero-order valence-electron chi connectivity index (χ0n) is 11.9. The van der Waals surface area contributed by atoms with Crippen LogP contribution in [0.3, 0.4) is 0 Å². The molecule has 1 N–H and O–H groups in total. The Morgan fingerprint density at radius 1 is 1.33 bits per heavy atom. The first-order valence-electron chi connectivity index (χ1n) is 6.37. The van der Waals surface area contributed by atoms with Gasteiger partial charge in [-0.2, -0.15) is 0 Å². The fourth-order valence-corrected chi connectivity index (χ4v) is 1.90. The molecule has 1 atom stereocenters. The first-order valence-corrected chi connectivity index (χ1v) is 6.74. The lowest BCUT2D eigenvalue weighted by Crippen LogP contribution is -2.36. The van der Waals surface area contributed by atoms with Gasteiger partial charge in [-0.15, -0.1) is 0 Å². The first kappa shape index (κ1) is 15.2. The summed E-state index contributed by atoms with van der Waals surface area (Å²) in [5.74, 6) is 2.11. The summed E-state index contributed by atoms with van der Waals surface area (Å²) in [6, 6.07) is 2.13. The summed E-state index contributed by atoms with van der Waals surface area (Å²) in [4.78, 5) is 10.8. The Balaban J connectivity index is 2.82. The van der Waals surface area contributed by atoms with Crippen molar-refractivity contribution < 1.29 is 0 Å². The Kier molecular flexibility index (Phi) is 5.82. The molecule has 0 saturated carbocycles. The van der Waals surface area contributed by atoms with E-state index in [1.807, 2.05) is 6.92 Å². The van der Waals surface area contributed by atoms with Crippen LogP contribution in [-0.2, 0) is 6.42 Å². The second kappa shape index (κ2) is 6.90. The van der Waals surface area contributed by atoms with Crippen molar-refractivity contribution in [2.75, 3.05) is 26.0 Å². The Hall–Kier alpha value is -0.870. The van der Waals surface area contributed by atoms with E-state index in [-0.39, 0.29) is 0 Å². The van der Waals surface area contributed by atoms with Crippen LogP contribution in [0.4, 0.5) is 5.82 Å². The van der Waals surface area contributed by atoms with Crippen LogP contribution in [-0.4, -0.2) is 41.5 Å². The molecule has 0 aliphatic carbocycles. The summed E-state index contributed by atoms with van der Waals surface area (Å²) in [7, 11) is 4.14. The fourth-order valence-electron chi connectivity index (χ4n) is 1.70. The van der Waals surface area contributed by atoms with Gasteiger partial charge in [0.1, 0.15) is 16.8 Å². The van der Waals surface area contributed by atoms with Crippen LogP contribution < -0.4 is 5.32 Å². The van der Waals surface area contributed by atoms with Gasteiger partial charge in [-0.25, -0.2) is 9.97 Å². The molecular formula is C13H23ClN4. The largest absolute Gasteiger partial charge is 0.366 e. The van der Waals surface area contributed by atoms with Crippen molar-refractivity contribution >= 4 is 17.4 Å². The van der Waals surface area contributed by atoms with E-state index >= 15 is 0 Å². The van der Waals surface area contributed by atoms with Gasteiger partial charge in [0.2, 0.25) is 0 Å². The second-order valence-corrected chi connectivity index (χ2v) is 5.49. The number of aromatic nitrogens is 2. The Morgan fingerprint density at radius 3 is 2.50 bits per heavy atom.